The molecule has 1 aromatic rings. The van der Waals surface area contributed by atoms with Gasteiger partial charge in [0.1, 0.15) is 11.9 Å². The van der Waals surface area contributed by atoms with Crippen molar-refractivity contribution >= 4 is 11.8 Å². The second-order valence-electron chi connectivity index (χ2n) is 10.0. The number of hydrogen-bond acceptors (Lipinski definition) is 4. The number of amides is 2. The van der Waals surface area contributed by atoms with Gasteiger partial charge in [-0.15, -0.1) is 0 Å². The van der Waals surface area contributed by atoms with Crippen LogP contribution in [0.2, 0.25) is 0 Å². The number of nitrogens with one attached hydrogen (secondary N) is 2. The zero-order chi connectivity index (χ0) is 23.7. The van der Waals surface area contributed by atoms with Gasteiger partial charge in [-0.2, -0.15) is 0 Å². The van der Waals surface area contributed by atoms with Crippen molar-refractivity contribution in [3.05, 3.63) is 35.6 Å². The lowest BCUT2D eigenvalue weighted by atomic mass is 9.73. The summed E-state index contributed by atoms with van der Waals surface area (Å²) < 4.78 is 19.8. The number of hydrogen-bond donors (Lipinski definition) is 2. The van der Waals surface area contributed by atoms with Crippen LogP contribution in [-0.4, -0.2) is 55.6 Å². The highest BCUT2D eigenvalue weighted by Crippen LogP contribution is 2.38. The third-order valence-electron chi connectivity index (χ3n) is 6.93. The molecule has 0 aliphatic carbocycles. The Labute approximate surface area is 197 Å². The number of carbonyl (C=O) groups excluding carboxylic acids is 2. The third-order valence-corrected chi connectivity index (χ3v) is 6.93. The minimum Gasteiger partial charge on any atom is -0.381 e. The Morgan fingerprint density at radius 2 is 1.82 bits per heavy atom. The minimum atomic E-state index is -0.519. The van der Waals surface area contributed by atoms with Gasteiger partial charge in [0.2, 0.25) is 11.8 Å². The fraction of sp³-hybridized carbons (Fsp3) is 0.692. The van der Waals surface area contributed by atoms with Gasteiger partial charge in [-0.3, -0.25) is 14.5 Å². The van der Waals surface area contributed by atoms with Gasteiger partial charge >= 0.3 is 0 Å². The van der Waals surface area contributed by atoms with Gasteiger partial charge in [0.25, 0.3) is 0 Å². The SMILES string of the molecule is CC(C)C[C@@H]1NC(=O)C2(CCCCOCCCNC1=O)CCN(Cc1ccccc1F)CC2. The van der Waals surface area contributed by atoms with Crippen LogP contribution in [0.1, 0.15) is 64.4 Å². The number of likely N-dealkylation sites (tertiary alicyclic amines) is 1. The zero-order valence-corrected chi connectivity index (χ0v) is 20.2. The Hall–Kier alpha value is -1.99. The molecule has 1 spiro atoms. The number of benzene rings is 1. The first-order chi connectivity index (χ1) is 15.9. The molecule has 184 valence electrons. The normalized spacial score (nSPS) is 23.7. The van der Waals surface area contributed by atoms with E-state index in [0.717, 1.165) is 38.8 Å². The standard InChI is InChI=1S/C26H40FN3O3/c1-20(2)18-23-24(31)28-13-7-17-33-16-6-5-10-26(25(32)29-23)11-14-30(15-12-26)19-21-8-3-4-9-22(21)27/h3-4,8-9,20,23H,5-7,10-19H2,1-2H3,(H,28,31)(H,29,32)/t23-/m0/s1. The molecule has 3 rings (SSSR count). The fourth-order valence-electron chi connectivity index (χ4n) is 4.89. The van der Waals surface area contributed by atoms with E-state index in [0.29, 0.717) is 57.0 Å². The fourth-order valence-corrected chi connectivity index (χ4v) is 4.89. The van der Waals surface area contributed by atoms with Gasteiger partial charge in [0, 0.05) is 31.9 Å². The lowest BCUT2D eigenvalue weighted by molar-refractivity contribution is -0.138. The van der Waals surface area contributed by atoms with E-state index >= 15 is 0 Å². The van der Waals surface area contributed by atoms with Crippen molar-refractivity contribution < 1.29 is 18.7 Å². The molecule has 0 radical (unpaired) electrons. The molecule has 2 N–H and O–H groups in total. The van der Waals surface area contributed by atoms with Crippen molar-refractivity contribution in [1.82, 2.24) is 15.5 Å². The van der Waals surface area contributed by atoms with Crippen molar-refractivity contribution in [3.8, 4) is 0 Å². The second kappa shape index (κ2) is 12.5. The summed E-state index contributed by atoms with van der Waals surface area (Å²) in [6.45, 7) is 8.03. The lowest BCUT2D eigenvalue weighted by Crippen LogP contribution is -2.55. The Kier molecular flexibility index (Phi) is 9.68. The van der Waals surface area contributed by atoms with Gasteiger partial charge in [-0.1, -0.05) is 38.5 Å². The maximum absolute atomic E-state index is 14.1. The van der Waals surface area contributed by atoms with E-state index in [1.165, 1.54) is 6.07 Å². The van der Waals surface area contributed by atoms with Crippen molar-refractivity contribution in [3.63, 3.8) is 0 Å². The quantitative estimate of drug-likeness (QED) is 0.718. The highest BCUT2D eigenvalue weighted by Gasteiger charge is 2.42. The molecular weight excluding hydrogens is 421 g/mol. The second-order valence-corrected chi connectivity index (χ2v) is 10.0. The molecule has 1 atom stereocenters. The van der Waals surface area contributed by atoms with E-state index in [-0.39, 0.29) is 17.6 Å². The molecule has 7 heteroatoms. The molecule has 2 aliphatic heterocycles. The van der Waals surface area contributed by atoms with E-state index < -0.39 is 11.5 Å². The van der Waals surface area contributed by atoms with Gasteiger partial charge in [0.05, 0.1) is 5.41 Å². The summed E-state index contributed by atoms with van der Waals surface area (Å²) in [6, 6.07) is 6.36. The van der Waals surface area contributed by atoms with Crippen LogP contribution in [0.4, 0.5) is 4.39 Å². The maximum Gasteiger partial charge on any atom is 0.242 e. The first kappa shape index (κ1) is 25.6. The lowest BCUT2D eigenvalue weighted by Gasteiger charge is -2.41. The number of carbonyl (C=O) groups is 2. The molecule has 1 aromatic carbocycles. The summed E-state index contributed by atoms with van der Waals surface area (Å²) in [5.74, 6) is -0.00837. The molecule has 33 heavy (non-hydrogen) atoms. The average molecular weight is 462 g/mol. The van der Waals surface area contributed by atoms with Crippen LogP contribution in [0, 0.1) is 17.2 Å². The highest BCUT2D eigenvalue weighted by atomic mass is 19.1. The zero-order valence-electron chi connectivity index (χ0n) is 20.2. The van der Waals surface area contributed by atoms with Crippen LogP contribution in [0.5, 0.6) is 0 Å². The Balaban J connectivity index is 1.70. The summed E-state index contributed by atoms with van der Waals surface area (Å²) in [4.78, 5) is 28.7. The van der Waals surface area contributed by atoms with Gasteiger partial charge in [0.15, 0.2) is 0 Å². The number of halogens is 1. The minimum absolute atomic E-state index is 0.00757. The molecule has 0 unspecified atom stereocenters. The van der Waals surface area contributed by atoms with Crippen LogP contribution in [-0.2, 0) is 20.9 Å². The largest absolute Gasteiger partial charge is 0.381 e. The van der Waals surface area contributed by atoms with Gasteiger partial charge in [-0.05, 0) is 63.6 Å². The number of ether oxygens (including phenoxy) is 1. The predicted octanol–water partition coefficient (Wildman–Crippen LogP) is 3.65. The van der Waals surface area contributed by atoms with E-state index in [1.807, 2.05) is 12.1 Å². The van der Waals surface area contributed by atoms with Gasteiger partial charge in [-0.25, -0.2) is 4.39 Å². The van der Waals surface area contributed by atoms with Crippen LogP contribution in [0.3, 0.4) is 0 Å². The highest BCUT2D eigenvalue weighted by molar-refractivity contribution is 5.90. The van der Waals surface area contributed by atoms with Crippen molar-refractivity contribution in [2.45, 2.75) is 71.4 Å². The molecule has 2 aliphatic rings. The third kappa shape index (κ3) is 7.51. The molecule has 6 nitrogen and oxygen atoms in total. The van der Waals surface area contributed by atoms with Crippen LogP contribution < -0.4 is 10.6 Å². The first-order valence-electron chi connectivity index (χ1n) is 12.5. The van der Waals surface area contributed by atoms with E-state index in [2.05, 4.69) is 29.4 Å². The average Bonchev–Trinajstić information content (AvgIpc) is 2.79. The summed E-state index contributed by atoms with van der Waals surface area (Å²) >= 11 is 0. The Morgan fingerprint density at radius 3 is 2.55 bits per heavy atom. The predicted molar refractivity (Wildman–Crippen MR) is 127 cm³/mol. The topological polar surface area (TPSA) is 70.7 Å². The summed E-state index contributed by atoms with van der Waals surface area (Å²) in [7, 11) is 0. The van der Waals surface area contributed by atoms with Crippen molar-refractivity contribution in [2.24, 2.45) is 11.3 Å². The number of piperidine rings is 1. The molecular formula is C26H40FN3O3. The van der Waals surface area contributed by atoms with E-state index in [1.54, 1.807) is 6.07 Å². The summed E-state index contributed by atoms with van der Waals surface area (Å²) in [6.07, 6.45) is 5.44. The number of nitrogens with zero attached hydrogens (tertiary/aromatic N) is 1. The van der Waals surface area contributed by atoms with E-state index in [9.17, 15) is 14.0 Å². The van der Waals surface area contributed by atoms with Gasteiger partial charge < -0.3 is 15.4 Å². The molecule has 0 bridgehead atoms. The first-order valence-corrected chi connectivity index (χ1v) is 12.5. The van der Waals surface area contributed by atoms with Crippen molar-refractivity contribution in [1.29, 1.82) is 0 Å². The molecule has 2 heterocycles. The maximum atomic E-state index is 14.1. The van der Waals surface area contributed by atoms with E-state index in [4.69, 9.17) is 4.74 Å². The Bertz CT molecular complexity index is 778. The number of rotatable bonds is 4. The molecule has 2 fully saturated rings. The van der Waals surface area contributed by atoms with Crippen LogP contribution in [0.25, 0.3) is 0 Å². The summed E-state index contributed by atoms with van der Waals surface area (Å²) in [5.41, 5.74) is 0.195. The molecule has 2 amide bonds. The molecule has 2 saturated heterocycles. The molecule has 0 aromatic heterocycles. The Morgan fingerprint density at radius 1 is 1.09 bits per heavy atom. The smallest absolute Gasteiger partial charge is 0.242 e. The van der Waals surface area contributed by atoms with Crippen LogP contribution in [0.15, 0.2) is 24.3 Å². The molecule has 0 saturated carbocycles. The van der Waals surface area contributed by atoms with Crippen LogP contribution >= 0.6 is 0 Å². The van der Waals surface area contributed by atoms with Crippen molar-refractivity contribution in [2.75, 3.05) is 32.8 Å². The monoisotopic (exact) mass is 461 g/mol. The summed E-state index contributed by atoms with van der Waals surface area (Å²) in [5, 5.41) is 6.09.